The van der Waals surface area contributed by atoms with E-state index in [4.69, 9.17) is 0 Å². The second-order valence-electron chi connectivity index (χ2n) is 5.04. The first kappa shape index (κ1) is 11.4. The topological polar surface area (TPSA) is 24.4 Å². The van der Waals surface area contributed by atoms with Crippen molar-refractivity contribution in [1.82, 2.24) is 5.32 Å². The lowest BCUT2D eigenvalue weighted by atomic mass is 9.86. The minimum Gasteiger partial charge on any atom is -0.302 e. The number of fused-ring (bicyclic) bond motifs is 1. The minimum absolute atomic E-state index is 0.354. The predicted octanol–water partition coefficient (Wildman–Crippen LogP) is 3.11. The molecule has 1 aliphatic carbocycles. The molecule has 1 N–H and O–H groups in total. The number of aliphatic imine (C=N–C) groups is 1. The number of nitrogens with zero attached hydrogens (tertiary/aromatic N) is 1. The summed E-state index contributed by atoms with van der Waals surface area (Å²) in [5.74, 6) is 1.19. The largest absolute Gasteiger partial charge is 0.302 e. The van der Waals surface area contributed by atoms with Crippen LogP contribution in [0.4, 0.5) is 5.69 Å². The third kappa shape index (κ3) is 2.16. The van der Waals surface area contributed by atoms with Crippen molar-refractivity contribution in [3.8, 4) is 0 Å². The van der Waals surface area contributed by atoms with Crippen molar-refractivity contribution in [2.24, 2.45) is 16.8 Å². The van der Waals surface area contributed by atoms with Gasteiger partial charge in [-0.05, 0) is 18.1 Å². The van der Waals surface area contributed by atoms with E-state index in [9.17, 15) is 0 Å². The van der Waals surface area contributed by atoms with Crippen LogP contribution in [0.25, 0.3) is 0 Å². The summed E-state index contributed by atoms with van der Waals surface area (Å²) in [5.41, 5.74) is 1.02. The molecule has 1 aromatic carbocycles. The van der Waals surface area contributed by atoms with Crippen LogP contribution in [-0.2, 0) is 0 Å². The molecule has 92 valence electrons. The van der Waals surface area contributed by atoms with Gasteiger partial charge < -0.3 is 5.32 Å². The van der Waals surface area contributed by atoms with E-state index in [1.807, 2.05) is 30.3 Å². The highest BCUT2D eigenvalue weighted by Gasteiger charge is 2.37. The van der Waals surface area contributed by atoms with Gasteiger partial charge in [-0.25, -0.2) is 0 Å². The summed E-state index contributed by atoms with van der Waals surface area (Å²) in [6, 6.07) is 10.9. The molecule has 0 saturated carbocycles. The third-order valence-corrected chi connectivity index (χ3v) is 3.88. The maximum absolute atomic E-state index is 4.56. The molecule has 1 fully saturated rings. The summed E-state index contributed by atoms with van der Waals surface area (Å²) in [4.78, 5) is 4.56. The molecule has 0 radical (unpaired) electrons. The molecular weight excluding hydrogens is 220 g/mol. The van der Waals surface area contributed by atoms with Crippen molar-refractivity contribution < 1.29 is 0 Å². The van der Waals surface area contributed by atoms with Gasteiger partial charge in [-0.2, -0.15) is 0 Å². The highest BCUT2D eigenvalue weighted by atomic mass is 15.0. The molecule has 18 heavy (non-hydrogen) atoms. The van der Waals surface area contributed by atoms with E-state index in [0.29, 0.717) is 23.9 Å². The average molecular weight is 238 g/mol. The van der Waals surface area contributed by atoms with Crippen LogP contribution in [0.15, 0.2) is 59.6 Å². The van der Waals surface area contributed by atoms with Gasteiger partial charge in [0.25, 0.3) is 0 Å². The van der Waals surface area contributed by atoms with Crippen LogP contribution in [0.5, 0.6) is 0 Å². The number of benzene rings is 1. The molecule has 3 rings (SSSR count). The van der Waals surface area contributed by atoms with E-state index >= 15 is 0 Å². The average Bonchev–Trinajstić information content (AvgIpc) is 2.75. The Hall–Kier alpha value is -1.67. The van der Waals surface area contributed by atoms with Gasteiger partial charge >= 0.3 is 0 Å². The smallest absolute Gasteiger partial charge is 0.0626 e. The van der Waals surface area contributed by atoms with Crippen LogP contribution in [0.3, 0.4) is 0 Å². The lowest BCUT2D eigenvalue weighted by Crippen LogP contribution is -2.31. The zero-order valence-corrected chi connectivity index (χ0v) is 10.5. The Bertz CT molecular complexity index is 487. The number of para-hydroxylation sites is 1. The summed E-state index contributed by atoms with van der Waals surface area (Å²) in [6.45, 7) is 2.29. The van der Waals surface area contributed by atoms with Crippen LogP contribution < -0.4 is 5.32 Å². The molecule has 0 amide bonds. The summed E-state index contributed by atoms with van der Waals surface area (Å²) >= 11 is 0. The molecule has 2 heteroatoms. The molecule has 0 bridgehead atoms. The second-order valence-corrected chi connectivity index (χ2v) is 5.04. The highest BCUT2D eigenvalue weighted by molar-refractivity contribution is 5.70. The van der Waals surface area contributed by atoms with Crippen molar-refractivity contribution >= 4 is 11.9 Å². The zero-order valence-electron chi connectivity index (χ0n) is 10.5. The molecule has 1 saturated heterocycles. The molecular formula is C16H18N2. The quantitative estimate of drug-likeness (QED) is 0.787. The predicted molar refractivity (Wildman–Crippen MR) is 76.2 cm³/mol. The van der Waals surface area contributed by atoms with Gasteiger partial charge in [0, 0.05) is 24.2 Å². The summed E-state index contributed by atoms with van der Waals surface area (Å²) in [7, 11) is 0. The van der Waals surface area contributed by atoms with E-state index in [-0.39, 0.29) is 0 Å². The summed E-state index contributed by atoms with van der Waals surface area (Å²) in [5, 5.41) is 3.63. The monoisotopic (exact) mass is 238 g/mol. The van der Waals surface area contributed by atoms with Gasteiger partial charge in [0.1, 0.15) is 0 Å². The van der Waals surface area contributed by atoms with Crippen molar-refractivity contribution in [3.05, 3.63) is 54.6 Å². The second kappa shape index (κ2) is 4.91. The normalized spacial score (nSPS) is 34.1. The molecule has 0 aromatic heterocycles. The van der Waals surface area contributed by atoms with Gasteiger partial charge in [-0.3, -0.25) is 4.99 Å². The number of allylic oxidation sites excluding steroid dienone is 2. The molecule has 2 aliphatic rings. The SMILES string of the molecule is CC1C(C=Nc2ccccc2)NC2C=CC=CC21. The van der Waals surface area contributed by atoms with Crippen LogP contribution in [-0.4, -0.2) is 18.3 Å². The Morgan fingerprint density at radius 2 is 1.89 bits per heavy atom. The van der Waals surface area contributed by atoms with Gasteiger partial charge in [0.15, 0.2) is 0 Å². The van der Waals surface area contributed by atoms with Crippen molar-refractivity contribution in [1.29, 1.82) is 0 Å². The fraction of sp³-hybridized carbons (Fsp3) is 0.312. The van der Waals surface area contributed by atoms with E-state index < -0.39 is 0 Å². The molecule has 4 atom stereocenters. The number of hydrogen-bond donors (Lipinski definition) is 1. The fourth-order valence-corrected chi connectivity index (χ4v) is 2.77. The van der Waals surface area contributed by atoms with Crippen LogP contribution >= 0.6 is 0 Å². The fourth-order valence-electron chi connectivity index (χ4n) is 2.77. The Labute approximate surface area is 108 Å². The first-order valence-electron chi connectivity index (χ1n) is 6.55. The highest BCUT2D eigenvalue weighted by Crippen LogP contribution is 2.30. The molecule has 1 aromatic rings. The molecule has 0 spiro atoms. The number of rotatable bonds is 2. The molecule has 4 unspecified atom stereocenters. The molecule has 1 heterocycles. The summed E-state index contributed by atoms with van der Waals surface area (Å²) in [6.07, 6.45) is 10.9. The first-order chi connectivity index (χ1) is 8.84. The van der Waals surface area contributed by atoms with Crippen molar-refractivity contribution in [2.45, 2.75) is 19.0 Å². The van der Waals surface area contributed by atoms with Crippen LogP contribution in [0.2, 0.25) is 0 Å². The van der Waals surface area contributed by atoms with E-state index in [2.05, 4.69) is 47.8 Å². The first-order valence-corrected chi connectivity index (χ1v) is 6.55. The van der Waals surface area contributed by atoms with Gasteiger partial charge in [0.2, 0.25) is 0 Å². The lowest BCUT2D eigenvalue weighted by molar-refractivity contribution is 0.490. The van der Waals surface area contributed by atoms with Gasteiger partial charge in [0.05, 0.1) is 5.69 Å². The molecule has 1 aliphatic heterocycles. The van der Waals surface area contributed by atoms with Crippen LogP contribution in [0.1, 0.15) is 6.92 Å². The Balaban J connectivity index is 1.73. The van der Waals surface area contributed by atoms with E-state index in [1.165, 1.54) is 0 Å². The lowest BCUT2D eigenvalue weighted by Gasteiger charge is -2.17. The van der Waals surface area contributed by atoms with Gasteiger partial charge in [-0.1, -0.05) is 49.4 Å². The van der Waals surface area contributed by atoms with E-state index in [1.54, 1.807) is 0 Å². The minimum atomic E-state index is 0.354. The molecule has 2 nitrogen and oxygen atoms in total. The standard InChI is InChI=1S/C16H18N2/c1-12-14-9-5-6-10-15(14)18-16(12)11-17-13-7-3-2-4-8-13/h2-12,14-16,18H,1H3. The van der Waals surface area contributed by atoms with Gasteiger partial charge in [-0.15, -0.1) is 0 Å². The zero-order chi connectivity index (χ0) is 12.4. The number of hydrogen-bond acceptors (Lipinski definition) is 2. The van der Waals surface area contributed by atoms with E-state index in [0.717, 1.165) is 5.69 Å². The van der Waals surface area contributed by atoms with Crippen LogP contribution in [0, 0.1) is 11.8 Å². The Morgan fingerprint density at radius 3 is 2.67 bits per heavy atom. The Morgan fingerprint density at radius 1 is 1.11 bits per heavy atom. The third-order valence-electron chi connectivity index (χ3n) is 3.88. The Kier molecular flexibility index (Phi) is 3.11. The summed E-state index contributed by atoms with van der Waals surface area (Å²) < 4.78 is 0. The maximum Gasteiger partial charge on any atom is 0.0626 e. The van der Waals surface area contributed by atoms with Crippen molar-refractivity contribution in [3.63, 3.8) is 0 Å². The maximum atomic E-state index is 4.56. The number of nitrogens with one attached hydrogen (secondary N) is 1. The van der Waals surface area contributed by atoms with Crippen molar-refractivity contribution in [2.75, 3.05) is 0 Å².